The summed E-state index contributed by atoms with van der Waals surface area (Å²) in [5.41, 5.74) is 2.96. The molecule has 0 saturated heterocycles. The predicted molar refractivity (Wildman–Crippen MR) is 76.5 cm³/mol. The van der Waals surface area contributed by atoms with Crippen molar-refractivity contribution in [2.75, 3.05) is 0 Å². The van der Waals surface area contributed by atoms with Crippen LogP contribution in [-0.2, 0) is 13.0 Å². The summed E-state index contributed by atoms with van der Waals surface area (Å²) in [6.45, 7) is 7.02. The van der Waals surface area contributed by atoms with E-state index >= 15 is 0 Å². The summed E-state index contributed by atoms with van der Waals surface area (Å²) in [4.78, 5) is 16.7. The largest absolute Gasteiger partial charge is 0.335 e. The molecule has 100 valence electrons. The van der Waals surface area contributed by atoms with Gasteiger partial charge in [0.25, 0.3) is 0 Å². The second-order valence-corrected chi connectivity index (χ2v) is 4.96. The van der Waals surface area contributed by atoms with Gasteiger partial charge in [0.1, 0.15) is 5.82 Å². The highest BCUT2D eigenvalue weighted by atomic mass is 16.1. The first kappa shape index (κ1) is 13.5. The quantitative estimate of drug-likeness (QED) is 0.769. The van der Waals surface area contributed by atoms with E-state index in [-0.39, 0.29) is 5.78 Å². The number of ketones is 1. The van der Waals surface area contributed by atoms with Crippen LogP contribution in [0.25, 0.3) is 0 Å². The summed E-state index contributed by atoms with van der Waals surface area (Å²) in [5.74, 6) is 0.998. The van der Waals surface area contributed by atoms with Gasteiger partial charge >= 0.3 is 0 Å². The van der Waals surface area contributed by atoms with E-state index in [1.807, 2.05) is 38.2 Å². The van der Waals surface area contributed by atoms with Crippen molar-refractivity contribution in [3.63, 3.8) is 0 Å². The van der Waals surface area contributed by atoms with E-state index in [1.165, 1.54) is 0 Å². The smallest absolute Gasteiger partial charge is 0.170 e. The molecule has 0 amide bonds. The molecule has 1 aromatic heterocycles. The van der Waals surface area contributed by atoms with Gasteiger partial charge in [0.2, 0.25) is 0 Å². The zero-order chi connectivity index (χ0) is 13.8. The fourth-order valence-corrected chi connectivity index (χ4v) is 2.23. The molecule has 0 aliphatic carbocycles. The van der Waals surface area contributed by atoms with Gasteiger partial charge < -0.3 is 4.57 Å². The number of carbonyl (C=O) groups excluding carboxylic acids is 1. The first-order chi connectivity index (χ1) is 9.11. The number of aromatic nitrogens is 2. The molecule has 0 bridgehead atoms. The number of benzene rings is 1. The third kappa shape index (κ3) is 3.11. The lowest BCUT2D eigenvalue weighted by molar-refractivity contribution is 0.0989. The lowest BCUT2D eigenvalue weighted by atomic mass is 10.00. The number of aryl methyl sites for hydroxylation is 3. The van der Waals surface area contributed by atoms with Gasteiger partial charge in [-0.05, 0) is 31.9 Å². The van der Waals surface area contributed by atoms with E-state index in [9.17, 15) is 4.79 Å². The lowest BCUT2D eigenvalue weighted by Gasteiger charge is -2.08. The van der Waals surface area contributed by atoms with Crippen LogP contribution in [0.15, 0.2) is 30.6 Å². The lowest BCUT2D eigenvalue weighted by Crippen LogP contribution is -2.11. The van der Waals surface area contributed by atoms with Gasteiger partial charge in [-0.1, -0.05) is 24.6 Å². The molecule has 2 aromatic rings. The summed E-state index contributed by atoms with van der Waals surface area (Å²) in [6.07, 6.45) is 5.12. The molecule has 3 heteroatoms. The second-order valence-electron chi connectivity index (χ2n) is 4.96. The molecule has 0 spiro atoms. The molecule has 0 radical (unpaired) electrons. The molecule has 0 fully saturated rings. The molecule has 0 aliphatic heterocycles. The number of nitrogens with zero attached hydrogens (tertiary/aromatic N) is 2. The fraction of sp³-hybridized carbons (Fsp3) is 0.375. The van der Waals surface area contributed by atoms with Gasteiger partial charge in [-0.25, -0.2) is 4.98 Å². The molecule has 19 heavy (non-hydrogen) atoms. The molecule has 1 aromatic carbocycles. The molecule has 1 heterocycles. The minimum atomic E-state index is 0.143. The normalized spacial score (nSPS) is 10.7. The minimum Gasteiger partial charge on any atom is -0.335 e. The van der Waals surface area contributed by atoms with Crippen LogP contribution in [0.2, 0.25) is 0 Å². The highest BCUT2D eigenvalue weighted by Crippen LogP contribution is 2.14. The summed E-state index contributed by atoms with van der Waals surface area (Å²) in [5, 5.41) is 0. The molecule has 0 saturated carbocycles. The van der Waals surface area contributed by atoms with Gasteiger partial charge in [0.05, 0.1) is 6.42 Å². The Morgan fingerprint density at radius 3 is 2.84 bits per heavy atom. The zero-order valence-electron chi connectivity index (χ0n) is 11.8. The third-order valence-electron chi connectivity index (χ3n) is 3.28. The van der Waals surface area contributed by atoms with Gasteiger partial charge in [-0.3, -0.25) is 4.79 Å². The Kier molecular flexibility index (Phi) is 4.15. The Balaban J connectivity index is 2.21. The minimum absolute atomic E-state index is 0.143. The maximum Gasteiger partial charge on any atom is 0.170 e. The van der Waals surface area contributed by atoms with Crippen molar-refractivity contribution in [2.24, 2.45) is 0 Å². The van der Waals surface area contributed by atoms with Crippen LogP contribution in [0.5, 0.6) is 0 Å². The highest BCUT2D eigenvalue weighted by molar-refractivity contribution is 5.98. The van der Waals surface area contributed by atoms with E-state index in [2.05, 4.69) is 16.5 Å². The van der Waals surface area contributed by atoms with Crippen LogP contribution in [0, 0.1) is 13.8 Å². The first-order valence-corrected chi connectivity index (χ1v) is 6.72. The highest BCUT2D eigenvalue weighted by Gasteiger charge is 2.13. The molecule has 0 unspecified atom stereocenters. The van der Waals surface area contributed by atoms with Gasteiger partial charge in [0, 0.05) is 24.5 Å². The number of Topliss-reactive ketones (excluding diaryl/α,β-unsaturated/α-hetero) is 1. The van der Waals surface area contributed by atoms with Crippen molar-refractivity contribution in [3.8, 4) is 0 Å². The third-order valence-corrected chi connectivity index (χ3v) is 3.28. The van der Waals surface area contributed by atoms with E-state index in [4.69, 9.17) is 0 Å². The Bertz CT molecular complexity index is 584. The van der Waals surface area contributed by atoms with Crippen molar-refractivity contribution in [3.05, 3.63) is 53.1 Å². The standard InChI is InChI=1S/C16H20N2O/c1-4-8-18-9-7-17-16(18)11-15(19)14-10-12(2)5-6-13(14)3/h5-7,9-10H,4,8,11H2,1-3H3. The van der Waals surface area contributed by atoms with Crippen molar-refractivity contribution >= 4 is 5.78 Å². The molecule has 3 nitrogen and oxygen atoms in total. The number of rotatable bonds is 5. The molecule has 0 aliphatic rings. The molecule has 0 N–H and O–H groups in total. The topological polar surface area (TPSA) is 34.9 Å². The summed E-state index contributed by atoms with van der Waals surface area (Å²) < 4.78 is 2.06. The summed E-state index contributed by atoms with van der Waals surface area (Å²) in [6, 6.07) is 6.00. The number of hydrogen-bond acceptors (Lipinski definition) is 2. The van der Waals surface area contributed by atoms with Gasteiger partial charge in [-0.2, -0.15) is 0 Å². The van der Waals surface area contributed by atoms with Gasteiger partial charge in [0.15, 0.2) is 5.78 Å². The summed E-state index contributed by atoms with van der Waals surface area (Å²) in [7, 11) is 0. The van der Waals surface area contributed by atoms with Crippen molar-refractivity contribution in [2.45, 2.75) is 40.2 Å². The second kappa shape index (κ2) is 5.83. The predicted octanol–water partition coefficient (Wildman–Crippen LogP) is 3.34. The molecular weight excluding hydrogens is 236 g/mol. The maximum atomic E-state index is 12.4. The molecule has 2 rings (SSSR count). The Morgan fingerprint density at radius 1 is 1.32 bits per heavy atom. The SMILES string of the molecule is CCCn1ccnc1CC(=O)c1cc(C)ccc1C. The van der Waals surface area contributed by atoms with Crippen molar-refractivity contribution < 1.29 is 4.79 Å². The Hall–Kier alpha value is -1.90. The van der Waals surface area contributed by atoms with Gasteiger partial charge in [-0.15, -0.1) is 0 Å². The average molecular weight is 256 g/mol. The van der Waals surface area contributed by atoms with Crippen LogP contribution in [0.4, 0.5) is 0 Å². The Labute approximate surface area is 114 Å². The van der Waals surface area contributed by atoms with E-state index < -0.39 is 0 Å². The van der Waals surface area contributed by atoms with Crippen LogP contribution >= 0.6 is 0 Å². The number of imidazole rings is 1. The Morgan fingerprint density at radius 2 is 2.11 bits per heavy atom. The van der Waals surface area contributed by atoms with Crippen molar-refractivity contribution in [1.29, 1.82) is 0 Å². The van der Waals surface area contributed by atoms with Crippen LogP contribution < -0.4 is 0 Å². The fourth-order valence-electron chi connectivity index (χ4n) is 2.23. The van der Waals surface area contributed by atoms with Crippen LogP contribution in [-0.4, -0.2) is 15.3 Å². The summed E-state index contributed by atoms with van der Waals surface area (Å²) >= 11 is 0. The zero-order valence-corrected chi connectivity index (χ0v) is 11.8. The van der Waals surface area contributed by atoms with Crippen LogP contribution in [0.3, 0.4) is 0 Å². The monoisotopic (exact) mass is 256 g/mol. The van der Waals surface area contributed by atoms with Crippen molar-refractivity contribution in [1.82, 2.24) is 9.55 Å². The first-order valence-electron chi connectivity index (χ1n) is 6.72. The average Bonchev–Trinajstić information content (AvgIpc) is 2.80. The van der Waals surface area contributed by atoms with Crippen LogP contribution in [0.1, 0.15) is 40.7 Å². The number of hydrogen-bond donors (Lipinski definition) is 0. The maximum absolute atomic E-state index is 12.4. The van der Waals surface area contributed by atoms with E-state index in [0.29, 0.717) is 6.42 Å². The molecule has 0 atom stereocenters. The van der Waals surface area contributed by atoms with E-state index in [1.54, 1.807) is 6.20 Å². The van der Waals surface area contributed by atoms with E-state index in [0.717, 1.165) is 35.5 Å². The number of carbonyl (C=O) groups is 1. The molecular formula is C16H20N2O.